The third-order valence-corrected chi connectivity index (χ3v) is 4.60. The third kappa shape index (κ3) is 2.80. The lowest BCUT2D eigenvalue weighted by atomic mass is 9.91. The molecule has 1 amide bonds. The number of likely N-dealkylation sites (tertiary alicyclic amines) is 1. The van der Waals surface area contributed by atoms with E-state index in [-0.39, 0.29) is 24.3 Å². The number of aromatic nitrogens is 3. The standard InChI is InChI=1S/C16H19N7O/c1-22(16-12-3-6-19-15(12)20-10-21-16)13-9-23(14(24)2-5-17)7-4-11(13)8-18/h3,6,8,10-11,13,18H,2,4,7,9H2,1H3,(H,19,20,21). The molecule has 3 heterocycles. The summed E-state index contributed by atoms with van der Waals surface area (Å²) in [5, 5.41) is 17.4. The van der Waals surface area contributed by atoms with Crippen molar-refractivity contribution >= 4 is 29.0 Å². The molecule has 2 unspecified atom stereocenters. The van der Waals surface area contributed by atoms with Crippen molar-refractivity contribution in [3.8, 4) is 6.07 Å². The molecule has 24 heavy (non-hydrogen) atoms. The lowest BCUT2D eigenvalue weighted by Gasteiger charge is -2.41. The minimum atomic E-state index is -0.159. The number of fused-ring (bicyclic) bond motifs is 1. The zero-order chi connectivity index (χ0) is 17.1. The van der Waals surface area contributed by atoms with Gasteiger partial charge in [0, 0.05) is 38.5 Å². The zero-order valence-corrected chi connectivity index (χ0v) is 13.4. The van der Waals surface area contributed by atoms with Gasteiger partial charge in [-0.3, -0.25) is 4.79 Å². The van der Waals surface area contributed by atoms with Crippen molar-refractivity contribution in [3.63, 3.8) is 0 Å². The maximum atomic E-state index is 12.1. The zero-order valence-electron chi connectivity index (χ0n) is 13.4. The van der Waals surface area contributed by atoms with Crippen LogP contribution in [-0.4, -0.2) is 58.2 Å². The summed E-state index contributed by atoms with van der Waals surface area (Å²) in [6.45, 7) is 1.06. The van der Waals surface area contributed by atoms with E-state index in [1.54, 1.807) is 4.90 Å². The van der Waals surface area contributed by atoms with Crippen molar-refractivity contribution in [2.45, 2.75) is 18.9 Å². The Bertz CT molecular complexity index is 793. The fourth-order valence-corrected chi connectivity index (χ4v) is 3.26. The number of amides is 1. The van der Waals surface area contributed by atoms with Crippen LogP contribution in [0.25, 0.3) is 11.0 Å². The number of nitrogens with one attached hydrogen (secondary N) is 2. The number of nitrogens with zero attached hydrogens (tertiary/aromatic N) is 5. The number of aromatic amines is 1. The Morgan fingerprint density at radius 2 is 2.46 bits per heavy atom. The molecule has 0 spiro atoms. The number of anilines is 1. The van der Waals surface area contributed by atoms with E-state index < -0.39 is 0 Å². The quantitative estimate of drug-likeness (QED) is 0.819. The van der Waals surface area contributed by atoms with Crippen LogP contribution in [-0.2, 0) is 4.79 Å². The van der Waals surface area contributed by atoms with Crippen molar-refractivity contribution in [1.29, 1.82) is 10.7 Å². The molecule has 1 saturated heterocycles. The van der Waals surface area contributed by atoms with Crippen LogP contribution in [0.3, 0.4) is 0 Å². The molecule has 0 bridgehead atoms. The number of rotatable bonds is 4. The van der Waals surface area contributed by atoms with E-state index in [0.717, 1.165) is 16.9 Å². The summed E-state index contributed by atoms with van der Waals surface area (Å²) in [7, 11) is 1.92. The molecule has 1 aliphatic heterocycles. The van der Waals surface area contributed by atoms with Crippen LogP contribution in [0.2, 0.25) is 0 Å². The van der Waals surface area contributed by atoms with Gasteiger partial charge in [0.05, 0.1) is 17.5 Å². The number of carbonyl (C=O) groups excluding carboxylic acids is 1. The number of piperidine rings is 1. The van der Waals surface area contributed by atoms with Gasteiger partial charge in [0.2, 0.25) is 5.91 Å². The van der Waals surface area contributed by atoms with Crippen molar-refractivity contribution in [1.82, 2.24) is 19.9 Å². The van der Waals surface area contributed by atoms with Gasteiger partial charge in [-0.1, -0.05) is 0 Å². The number of likely N-dealkylation sites (N-methyl/N-ethyl adjacent to an activating group) is 1. The Kier molecular flexibility index (Phi) is 4.42. The second-order valence-corrected chi connectivity index (χ2v) is 5.91. The van der Waals surface area contributed by atoms with Gasteiger partial charge >= 0.3 is 0 Å². The molecule has 0 saturated carbocycles. The second-order valence-electron chi connectivity index (χ2n) is 5.91. The number of hydrogen-bond donors (Lipinski definition) is 2. The largest absolute Gasteiger partial charge is 0.354 e. The molecule has 8 heteroatoms. The monoisotopic (exact) mass is 325 g/mol. The summed E-state index contributed by atoms with van der Waals surface area (Å²) in [4.78, 5) is 27.4. The number of hydrogen-bond acceptors (Lipinski definition) is 6. The van der Waals surface area contributed by atoms with Gasteiger partial charge in [-0.05, 0) is 12.5 Å². The molecular formula is C16H19N7O. The molecule has 1 aliphatic rings. The Balaban J connectivity index is 1.89. The number of nitriles is 1. The van der Waals surface area contributed by atoms with E-state index in [2.05, 4.69) is 15.0 Å². The molecule has 2 aromatic rings. The van der Waals surface area contributed by atoms with Crippen LogP contribution in [0.5, 0.6) is 0 Å². The van der Waals surface area contributed by atoms with Crippen LogP contribution < -0.4 is 4.90 Å². The fraction of sp³-hybridized carbons (Fsp3) is 0.438. The highest BCUT2D eigenvalue weighted by molar-refractivity contribution is 5.87. The van der Waals surface area contributed by atoms with E-state index >= 15 is 0 Å². The highest BCUT2D eigenvalue weighted by atomic mass is 16.2. The third-order valence-electron chi connectivity index (χ3n) is 4.60. The molecular weight excluding hydrogens is 306 g/mol. The summed E-state index contributed by atoms with van der Waals surface area (Å²) in [5.41, 5.74) is 0.756. The predicted octanol–water partition coefficient (Wildman–Crippen LogP) is 1.17. The van der Waals surface area contributed by atoms with Gasteiger partial charge < -0.3 is 20.2 Å². The minimum Gasteiger partial charge on any atom is -0.354 e. The average molecular weight is 325 g/mol. The van der Waals surface area contributed by atoms with Crippen molar-refractivity contribution in [3.05, 3.63) is 18.6 Å². The van der Waals surface area contributed by atoms with Crippen molar-refractivity contribution in [2.24, 2.45) is 5.92 Å². The van der Waals surface area contributed by atoms with Crippen LogP contribution in [0.15, 0.2) is 18.6 Å². The Labute approximate surface area is 139 Å². The van der Waals surface area contributed by atoms with Crippen LogP contribution in [0.1, 0.15) is 12.8 Å². The number of carbonyl (C=O) groups is 1. The first-order valence-electron chi connectivity index (χ1n) is 7.82. The van der Waals surface area contributed by atoms with Gasteiger partial charge in [0.15, 0.2) is 0 Å². The Morgan fingerprint density at radius 1 is 1.62 bits per heavy atom. The Hall–Kier alpha value is -2.95. The molecule has 1 fully saturated rings. The molecule has 2 atom stereocenters. The van der Waals surface area contributed by atoms with E-state index in [0.29, 0.717) is 19.5 Å². The lowest BCUT2D eigenvalue weighted by molar-refractivity contribution is -0.131. The highest BCUT2D eigenvalue weighted by Gasteiger charge is 2.34. The molecule has 124 valence electrons. The Morgan fingerprint density at radius 3 is 3.21 bits per heavy atom. The predicted molar refractivity (Wildman–Crippen MR) is 89.8 cm³/mol. The first-order chi connectivity index (χ1) is 11.7. The first-order valence-corrected chi connectivity index (χ1v) is 7.82. The molecule has 8 nitrogen and oxygen atoms in total. The summed E-state index contributed by atoms with van der Waals surface area (Å²) >= 11 is 0. The van der Waals surface area contributed by atoms with Crippen LogP contribution in [0.4, 0.5) is 5.82 Å². The molecule has 0 aliphatic carbocycles. The fourth-order valence-electron chi connectivity index (χ4n) is 3.26. The summed E-state index contributed by atoms with van der Waals surface area (Å²) in [5.74, 6) is 0.645. The van der Waals surface area contributed by atoms with Crippen LogP contribution >= 0.6 is 0 Å². The summed E-state index contributed by atoms with van der Waals surface area (Å²) < 4.78 is 0. The van der Waals surface area contributed by atoms with Gasteiger partial charge in [-0.15, -0.1) is 0 Å². The highest BCUT2D eigenvalue weighted by Crippen LogP contribution is 2.28. The van der Waals surface area contributed by atoms with Crippen molar-refractivity contribution < 1.29 is 4.79 Å². The molecule has 0 radical (unpaired) electrons. The lowest BCUT2D eigenvalue weighted by Crippen LogP contribution is -2.54. The topological polar surface area (TPSA) is 113 Å². The van der Waals surface area contributed by atoms with Crippen molar-refractivity contribution in [2.75, 3.05) is 25.0 Å². The average Bonchev–Trinajstić information content (AvgIpc) is 3.09. The smallest absolute Gasteiger partial charge is 0.236 e. The second kappa shape index (κ2) is 6.66. The first kappa shape index (κ1) is 15.9. The van der Waals surface area contributed by atoms with Gasteiger partial charge in [0.1, 0.15) is 24.2 Å². The molecule has 2 N–H and O–H groups in total. The van der Waals surface area contributed by atoms with Gasteiger partial charge in [-0.25, -0.2) is 9.97 Å². The summed E-state index contributed by atoms with van der Waals surface area (Å²) in [6, 6.07) is 3.77. The van der Waals surface area contributed by atoms with Gasteiger partial charge in [0.25, 0.3) is 0 Å². The van der Waals surface area contributed by atoms with E-state index in [4.69, 9.17) is 10.7 Å². The normalized spacial score (nSPS) is 20.6. The maximum Gasteiger partial charge on any atom is 0.236 e. The molecule has 2 aromatic heterocycles. The van der Waals surface area contributed by atoms with Crippen LogP contribution in [0, 0.1) is 22.7 Å². The number of H-pyrrole nitrogens is 1. The summed E-state index contributed by atoms with van der Waals surface area (Å²) in [6.07, 6.45) is 5.36. The van der Waals surface area contributed by atoms with E-state index in [1.807, 2.05) is 30.3 Å². The molecule has 0 aromatic carbocycles. The maximum absolute atomic E-state index is 12.1. The molecule has 3 rings (SSSR count). The van der Waals surface area contributed by atoms with E-state index in [9.17, 15) is 4.79 Å². The minimum absolute atomic E-state index is 0.0325. The van der Waals surface area contributed by atoms with Gasteiger partial charge in [-0.2, -0.15) is 5.26 Å². The SMILES string of the molecule is CN(c1ncnc2[nH]ccc12)C1CN(C(=O)CC#N)CCC1C=N. The van der Waals surface area contributed by atoms with E-state index in [1.165, 1.54) is 12.5 Å².